The van der Waals surface area contributed by atoms with Crippen LogP contribution in [0.5, 0.6) is 5.88 Å². The van der Waals surface area contributed by atoms with Gasteiger partial charge in [-0.2, -0.15) is 0 Å². The van der Waals surface area contributed by atoms with E-state index < -0.39 is 0 Å². The summed E-state index contributed by atoms with van der Waals surface area (Å²) < 4.78 is 6.56. The molecule has 100 valence electrons. The summed E-state index contributed by atoms with van der Waals surface area (Å²) in [6.45, 7) is 4.74. The molecular formula is C14H21BrN2O. The third kappa shape index (κ3) is 5.83. The first-order chi connectivity index (χ1) is 8.84. The van der Waals surface area contributed by atoms with Crippen LogP contribution in [-0.2, 0) is 0 Å². The van der Waals surface area contributed by atoms with Gasteiger partial charge in [0.25, 0.3) is 0 Å². The Morgan fingerprint density at radius 3 is 2.61 bits per heavy atom. The highest BCUT2D eigenvalue weighted by molar-refractivity contribution is 9.10. The summed E-state index contributed by atoms with van der Waals surface area (Å²) in [7, 11) is 0. The van der Waals surface area contributed by atoms with Crippen LogP contribution in [-0.4, -0.2) is 36.1 Å². The lowest BCUT2D eigenvalue weighted by molar-refractivity contribution is 0.293. The molecule has 0 aliphatic carbocycles. The van der Waals surface area contributed by atoms with Crippen molar-refractivity contribution >= 4 is 15.9 Å². The predicted octanol–water partition coefficient (Wildman–Crippen LogP) is 3.49. The number of hydrogen-bond acceptors (Lipinski definition) is 3. The Balaban J connectivity index is 1.42. The molecule has 0 aromatic carbocycles. The average Bonchev–Trinajstić information content (AvgIpc) is 3.19. The molecule has 0 radical (unpaired) electrons. The van der Waals surface area contributed by atoms with Crippen LogP contribution in [0.4, 0.5) is 0 Å². The van der Waals surface area contributed by atoms with E-state index in [0.717, 1.165) is 23.4 Å². The maximum Gasteiger partial charge on any atom is 0.213 e. The van der Waals surface area contributed by atoms with Crippen LogP contribution in [0.15, 0.2) is 22.8 Å². The molecule has 2 rings (SSSR count). The van der Waals surface area contributed by atoms with Crippen molar-refractivity contribution in [1.29, 1.82) is 0 Å². The van der Waals surface area contributed by atoms with Gasteiger partial charge in [0.1, 0.15) is 0 Å². The van der Waals surface area contributed by atoms with Gasteiger partial charge in [0.05, 0.1) is 6.61 Å². The normalized spacial score (nSPS) is 14.7. The average molecular weight is 313 g/mol. The Morgan fingerprint density at radius 2 is 1.89 bits per heavy atom. The van der Waals surface area contributed by atoms with Gasteiger partial charge in [-0.3, -0.25) is 0 Å². The molecule has 1 aliphatic rings. The van der Waals surface area contributed by atoms with Crippen molar-refractivity contribution in [3.63, 3.8) is 0 Å². The van der Waals surface area contributed by atoms with Crippen LogP contribution in [0.1, 0.15) is 32.1 Å². The first-order valence-corrected chi connectivity index (χ1v) is 7.60. The highest BCUT2D eigenvalue weighted by Gasteiger charge is 2.14. The van der Waals surface area contributed by atoms with Crippen LogP contribution < -0.4 is 4.74 Å². The third-order valence-corrected chi connectivity index (χ3v) is 3.58. The lowest BCUT2D eigenvalue weighted by atomic mass is 10.1. The molecule has 0 bridgehead atoms. The van der Waals surface area contributed by atoms with E-state index in [-0.39, 0.29) is 0 Å². The highest BCUT2D eigenvalue weighted by atomic mass is 79.9. The molecule has 1 saturated heterocycles. The van der Waals surface area contributed by atoms with Gasteiger partial charge < -0.3 is 9.64 Å². The third-order valence-electron chi connectivity index (χ3n) is 3.11. The number of pyridine rings is 1. The Morgan fingerprint density at radius 1 is 1.11 bits per heavy atom. The topological polar surface area (TPSA) is 25.1 Å². The van der Waals surface area contributed by atoms with E-state index in [9.17, 15) is 0 Å². The van der Waals surface area contributed by atoms with Gasteiger partial charge in [-0.1, -0.05) is 19.3 Å². The van der Waals surface area contributed by atoms with Gasteiger partial charge in [-0.25, -0.2) is 4.98 Å². The van der Waals surface area contributed by atoms with Gasteiger partial charge in [0.15, 0.2) is 0 Å². The number of ether oxygens (including phenoxy) is 1. The summed E-state index contributed by atoms with van der Waals surface area (Å²) in [6.07, 6.45) is 8.19. The number of hydrogen-bond donors (Lipinski definition) is 0. The largest absolute Gasteiger partial charge is 0.478 e. The lowest BCUT2D eigenvalue weighted by Gasteiger charge is -2.05. The van der Waals surface area contributed by atoms with Crippen LogP contribution in [0, 0.1) is 0 Å². The number of unbranched alkanes of at least 4 members (excludes halogenated alkanes) is 4. The van der Waals surface area contributed by atoms with Gasteiger partial charge >= 0.3 is 0 Å². The zero-order valence-corrected chi connectivity index (χ0v) is 12.4. The predicted molar refractivity (Wildman–Crippen MR) is 77.0 cm³/mol. The minimum absolute atomic E-state index is 0.722. The number of rotatable bonds is 9. The molecule has 2 heterocycles. The fourth-order valence-corrected chi connectivity index (χ4v) is 2.12. The fourth-order valence-electron chi connectivity index (χ4n) is 1.89. The Hall–Kier alpha value is -0.610. The summed E-state index contributed by atoms with van der Waals surface area (Å²) in [5, 5.41) is 0. The van der Waals surface area contributed by atoms with Crippen molar-refractivity contribution < 1.29 is 4.74 Å². The summed E-state index contributed by atoms with van der Waals surface area (Å²) in [5.74, 6) is 0.722. The zero-order valence-electron chi connectivity index (χ0n) is 10.8. The molecule has 0 spiro atoms. The molecule has 18 heavy (non-hydrogen) atoms. The fraction of sp³-hybridized carbons (Fsp3) is 0.643. The molecule has 1 aliphatic heterocycles. The molecule has 0 atom stereocenters. The van der Waals surface area contributed by atoms with E-state index in [4.69, 9.17) is 4.74 Å². The van der Waals surface area contributed by atoms with E-state index >= 15 is 0 Å². The molecule has 1 aromatic heterocycles. The van der Waals surface area contributed by atoms with Crippen molar-refractivity contribution in [3.8, 4) is 5.88 Å². The number of aromatic nitrogens is 1. The monoisotopic (exact) mass is 312 g/mol. The molecule has 1 fully saturated rings. The molecule has 0 saturated carbocycles. The molecule has 0 N–H and O–H groups in total. The van der Waals surface area contributed by atoms with Crippen molar-refractivity contribution in [2.24, 2.45) is 0 Å². The summed E-state index contributed by atoms with van der Waals surface area (Å²) in [6, 6.07) is 3.85. The quantitative estimate of drug-likeness (QED) is 0.515. The summed E-state index contributed by atoms with van der Waals surface area (Å²) in [5.41, 5.74) is 0. The Labute approximate surface area is 118 Å². The van der Waals surface area contributed by atoms with Crippen molar-refractivity contribution in [1.82, 2.24) is 9.88 Å². The Bertz CT molecular complexity index is 338. The molecule has 0 amide bonds. The van der Waals surface area contributed by atoms with Crippen LogP contribution in [0.25, 0.3) is 0 Å². The zero-order chi connectivity index (χ0) is 12.6. The van der Waals surface area contributed by atoms with Crippen molar-refractivity contribution in [2.45, 2.75) is 32.1 Å². The SMILES string of the molecule is Brc1ccc(OCCCCCCCN2CC2)nc1. The standard InChI is InChI=1S/C14H21BrN2O/c15-13-6-7-14(16-12-13)18-11-5-3-1-2-4-8-17-9-10-17/h6-7,12H,1-5,8-11H2. The lowest BCUT2D eigenvalue weighted by Crippen LogP contribution is -2.00. The minimum atomic E-state index is 0.722. The summed E-state index contributed by atoms with van der Waals surface area (Å²) in [4.78, 5) is 6.67. The second-order valence-electron chi connectivity index (χ2n) is 4.77. The van der Waals surface area contributed by atoms with E-state index in [1.54, 1.807) is 6.20 Å². The molecule has 3 nitrogen and oxygen atoms in total. The molecule has 4 heteroatoms. The van der Waals surface area contributed by atoms with E-state index in [1.807, 2.05) is 12.1 Å². The minimum Gasteiger partial charge on any atom is -0.478 e. The smallest absolute Gasteiger partial charge is 0.213 e. The Kier molecular flexibility index (Phi) is 5.94. The second kappa shape index (κ2) is 7.74. The molecular weight excluding hydrogens is 292 g/mol. The van der Waals surface area contributed by atoms with Gasteiger partial charge in [-0.15, -0.1) is 0 Å². The summed E-state index contributed by atoms with van der Waals surface area (Å²) >= 11 is 3.36. The highest BCUT2D eigenvalue weighted by Crippen LogP contribution is 2.13. The first-order valence-electron chi connectivity index (χ1n) is 6.81. The molecule has 0 unspecified atom stereocenters. The number of halogens is 1. The molecule has 1 aromatic rings. The van der Waals surface area contributed by atoms with Gasteiger partial charge in [0, 0.05) is 29.8 Å². The number of nitrogens with zero attached hydrogens (tertiary/aromatic N) is 2. The van der Waals surface area contributed by atoms with Gasteiger partial charge in [0.2, 0.25) is 5.88 Å². The maximum absolute atomic E-state index is 5.58. The van der Waals surface area contributed by atoms with Gasteiger partial charge in [-0.05, 0) is 41.4 Å². The van der Waals surface area contributed by atoms with Crippen molar-refractivity contribution in [3.05, 3.63) is 22.8 Å². The maximum atomic E-state index is 5.58. The van der Waals surface area contributed by atoms with Crippen LogP contribution >= 0.6 is 15.9 Å². The van der Waals surface area contributed by atoms with E-state index in [0.29, 0.717) is 0 Å². The van der Waals surface area contributed by atoms with E-state index in [1.165, 1.54) is 45.3 Å². The van der Waals surface area contributed by atoms with Crippen LogP contribution in [0.3, 0.4) is 0 Å². The van der Waals surface area contributed by atoms with Crippen LogP contribution in [0.2, 0.25) is 0 Å². The second-order valence-corrected chi connectivity index (χ2v) is 5.69. The van der Waals surface area contributed by atoms with Crippen molar-refractivity contribution in [2.75, 3.05) is 26.2 Å². The first kappa shape index (κ1) is 13.8. The van der Waals surface area contributed by atoms with E-state index in [2.05, 4.69) is 25.8 Å².